The highest BCUT2D eigenvalue weighted by molar-refractivity contribution is 7.89. The van der Waals surface area contributed by atoms with Gasteiger partial charge in [0.1, 0.15) is 11.5 Å². The SMILES string of the molecule is O=C(COc1ccc(S(=O)(=O)NC2CCCCC2)cc1Cl)Nc1ccccc1Oc1ccccc1. The zero-order valence-electron chi connectivity index (χ0n) is 19.1. The summed E-state index contributed by atoms with van der Waals surface area (Å²) in [6.45, 7) is -0.314. The van der Waals surface area contributed by atoms with Crippen LogP contribution in [0.5, 0.6) is 17.2 Å². The van der Waals surface area contributed by atoms with Gasteiger partial charge in [0.15, 0.2) is 12.4 Å². The van der Waals surface area contributed by atoms with E-state index in [0.29, 0.717) is 17.2 Å². The number of nitrogens with one attached hydrogen (secondary N) is 2. The van der Waals surface area contributed by atoms with Gasteiger partial charge >= 0.3 is 0 Å². The van der Waals surface area contributed by atoms with E-state index in [2.05, 4.69) is 10.0 Å². The van der Waals surface area contributed by atoms with Crippen LogP contribution in [0.3, 0.4) is 0 Å². The quantitative estimate of drug-likeness (QED) is 0.378. The third-order valence-corrected chi connectivity index (χ3v) is 7.45. The molecule has 0 bridgehead atoms. The summed E-state index contributed by atoms with van der Waals surface area (Å²) in [5.41, 5.74) is 0.492. The average molecular weight is 515 g/mol. The lowest BCUT2D eigenvalue weighted by molar-refractivity contribution is -0.118. The van der Waals surface area contributed by atoms with Crippen molar-refractivity contribution >= 4 is 33.2 Å². The summed E-state index contributed by atoms with van der Waals surface area (Å²) >= 11 is 6.27. The maximum Gasteiger partial charge on any atom is 0.262 e. The first-order valence-electron chi connectivity index (χ1n) is 11.5. The predicted molar refractivity (Wildman–Crippen MR) is 136 cm³/mol. The molecule has 4 rings (SSSR count). The molecule has 1 amide bonds. The lowest BCUT2D eigenvalue weighted by Crippen LogP contribution is -2.36. The Morgan fingerprint density at radius 1 is 0.914 bits per heavy atom. The zero-order valence-corrected chi connectivity index (χ0v) is 20.6. The van der Waals surface area contributed by atoms with Crippen molar-refractivity contribution in [3.63, 3.8) is 0 Å². The number of benzene rings is 3. The molecule has 0 spiro atoms. The van der Waals surface area contributed by atoms with E-state index >= 15 is 0 Å². The molecular weight excluding hydrogens is 488 g/mol. The second-order valence-corrected chi connectivity index (χ2v) is 10.4. The largest absolute Gasteiger partial charge is 0.482 e. The van der Waals surface area contributed by atoms with Crippen LogP contribution in [0.1, 0.15) is 32.1 Å². The third kappa shape index (κ3) is 6.97. The van der Waals surface area contributed by atoms with E-state index in [1.807, 2.05) is 36.4 Å². The van der Waals surface area contributed by atoms with Gasteiger partial charge < -0.3 is 14.8 Å². The van der Waals surface area contributed by atoms with Crippen molar-refractivity contribution in [3.8, 4) is 17.2 Å². The first-order valence-corrected chi connectivity index (χ1v) is 13.3. The van der Waals surface area contributed by atoms with Gasteiger partial charge in [0.25, 0.3) is 5.91 Å². The number of rotatable bonds is 9. The summed E-state index contributed by atoms with van der Waals surface area (Å²) in [4.78, 5) is 12.6. The van der Waals surface area contributed by atoms with Crippen molar-refractivity contribution in [1.29, 1.82) is 0 Å². The molecule has 0 aliphatic heterocycles. The normalized spacial score (nSPS) is 14.3. The Balaban J connectivity index is 1.36. The van der Waals surface area contributed by atoms with Crippen molar-refractivity contribution in [1.82, 2.24) is 4.72 Å². The maximum absolute atomic E-state index is 12.7. The summed E-state index contributed by atoms with van der Waals surface area (Å²) in [7, 11) is -3.68. The Hall–Kier alpha value is -3.07. The molecule has 1 saturated carbocycles. The minimum absolute atomic E-state index is 0.0547. The molecule has 7 nitrogen and oxygen atoms in total. The summed E-state index contributed by atoms with van der Waals surface area (Å²) in [6, 6.07) is 20.5. The van der Waals surface area contributed by atoms with Crippen LogP contribution in [0.15, 0.2) is 77.7 Å². The number of anilines is 1. The highest BCUT2D eigenvalue weighted by Crippen LogP contribution is 2.30. The molecule has 9 heteroatoms. The molecule has 35 heavy (non-hydrogen) atoms. The minimum Gasteiger partial charge on any atom is -0.482 e. The van der Waals surface area contributed by atoms with Crippen LogP contribution in [-0.2, 0) is 14.8 Å². The number of sulfonamides is 1. The van der Waals surface area contributed by atoms with Gasteiger partial charge in [-0.15, -0.1) is 0 Å². The van der Waals surface area contributed by atoms with Crippen LogP contribution in [0.25, 0.3) is 0 Å². The molecular formula is C26H27ClN2O5S. The molecule has 0 heterocycles. The summed E-state index contributed by atoms with van der Waals surface area (Å²) in [5.74, 6) is 0.934. The van der Waals surface area contributed by atoms with E-state index in [9.17, 15) is 13.2 Å². The smallest absolute Gasteiger partial charge is 0.262 e. The first kappa shape index (κ1) is 25.0. The molecule has 3 aromatic carbocycles. The van der Waals surface area contributed by atoms with Gasteiger partial charge in [-0.3, -0.25) is 4.79 Å². The van der Waals surface area contributed by atoms with Gasteiger partial charge in [-0.25, -0.2) is 13.1 Å². The van der Waals surface area contributed by atoms with Crippen LogP contribution < -0.4 is 19.5 Å². The van der Waals surface area contributed by atoms with Crippen molar-refractivity contribution in [3.05, 3.63) is 77.8 Å². The number of carbonyl (C=O) groups excluding carboxylic acids is 1. The van der Waals surface area contributed by atoms with E-state index < -0.39 is 15.9 Å². The number of amides is 1. The molecule has 0 unspecified atom stereocenters. The fourth-order valence-electron chi connectivity index (χ4n) is 3.88. The molecule has 0 aromatic heterocycles. The van der Waals surface area contributed by atoms with Crippen molar-refractivity contribution < 1.29 is 22.7 Å². The standard InChI is InChI=1S/C26H27ClN2O5S/c27-22-17-21(35(31,32)29-19-9-3-1-4-10-19)15-16-24(22)33-18-26(30)28-23-13-7-8-14-25(23)34-20-11-5-2-6-12-20/h2,5-8,11-17,19,29H,1,3-4,9-10,18H2,(H,28,30). The Labute approximate surface area is 210 Å². The fraction of sp³-hybridized carbons (Fsp3) is 0.269. The van der Waals surface area contributed by atoms with Gasteiger partial charge in [0.2, 0.25) is 10.0 Å². The summed E-state index contributed by atoms with van der Waals surface area (Å²) < 4.78 is 39.6. The number of hydrogen-bond acceptors (Lipinski definition) is 5. The second kappa shape index (κ2) is 11.6. The van der Waals surface area contributed by atoms with Crippen molar-refractivity contribution in [2.45, 2.75) is 43.0 Å². The number of para-hydroxylation sites is 3. The van der Waals surface area contributed by atoms with Crippen molar-refractivity contribution in [2.75, 3.05) is 11.9 Å². The molecule has 0 radical (unpaired) electrons. The van der Waals surface area contributed by atoms with Crippen LogP contribution in [0.4, 0.5) is 5.69 Å². The van der Waals surface area contributed by atoms with Gasteiger partial charge in [-0.05, 0) is 55.3 Å². The summed E-state index contributed by atoms with van der Waals surface area (Å²) in [6.07, 6.45) is 4.85. The Morgan fingerprint density at radius 3 is 2.37 bits per heavy atom. The Bertz CT molecular complexity index is 1260. The van der Waals surface area contributed by atoms with E-state index in [4.69, 9.17) is 21.1 Å². The molecule has 1 aliphatic rings. The highest BCUT2D eigenvalue weighted by Gasteiger charge is 2.23. The number of hydrogen-bond donors (Lipinski definition) is 2. The molecule has 1 fully saturated rings. The van der Waals surface area contributed by atoms with E-state index in [-0.39, 0.29) is 28.3 Å². The maximum atomic E-state index is 12.7. The van der Waals surface area contributed by atoms with Crippen molar-refractivity contribution in [2.24, 2.45) is 0 Å². The van der Waals surface area contributed by atoms with Crippen LogP contribution in [-0.4, -0.2) is 27.0 Å². The van der Waals surface area contributed by atoms with E-state index in [0.717, 1.165) is 32.1 Å². The average Bonchev–Trinajstić information content (AvgIpc) is 2.85. The van der Waals surface area contributed by atoms with Gasteiger partial charge in [0.05, 0.1) is 15.6 Å². The second-order valence-electron chi connectivity index (χ2n) is 8.30. The monoisotopic (exact) mass is 514 g/mol. The lowest BCUT2D eigenvalue weighted by Gasteiger charge is -2.22. The lowest BCUT2D eigenvalue weighted by atomic mass is 9.96. The zero-order chi connectivity index (χ0) is 24.7. The Kier molecular flexibility index (Phi) is 8.28. The topological polar surface area (TPSA) is 93.7 Å². The number of carbonyl (C=O) groups is 1. The molecule has 1 aliphatic carbocycles. The Morgan fingerprint density at radius 2 is 1.63 bits per heavy atom. The fourth-order valence-corrected chi connectivity index (χ4v) is 5.51. The van der Waals surface area contributed by atoms with E-state index in [1.54, 1.807) is 18.2 Å². The molecule has 3 aromatic rings. The number of halogens is 1. The minimum atomic E-state index is -3.68. The summed E-state index contributed by atoms with van der Waals surface area (Å²) in [5, 5.41) is 2.87. The van der Waals surface area contributed by atoms with Crippen LogP contribution >= 0.6 is 11.6 Å². The first-order chi connectivity index (χ1) is 16.9. The van der Waals surface area contributed by atoms with E-state index in [1.165, 1.54) is 18.2 Å². The molecule has 2 N–H and O–H groups in total. The van der Waals surface area contributed by atoms with Crippen LogP contribution in [0.2, 0.25) is 5.02 Å². The van der Waals surface area contributed by atoms with Crippen LogP contribution in [0, 0.1) is 0 Å². The van der Waals surface area contributed by atoms with Gasteiger partial charge in [-0.1, -0.05) is 61.2 Å². The third-order valence-electron chi connectivity index (χ3n) is 5.63. The predicted octanol–water partition coefficient (Wildman–Crippen LogP) is 5.76. The molecule has 184 valence electrons. The molecule has 0 saturated heterocycles. The molecule has 0 atom stereocenters. The number of ether oxygens (including phenoxy) is 2. The van der Waals surface area contributed by atoms with Gasteiger partial charge in [-0.2, -0.15) is 0 Å². The highest BCUT2D eigenvalue weighted by atomic mass is 35.5. The van der Waals surface area contributed by atoms with Gasteiger partial charge in [0, 0.05) is 6.04 Å².